The second-order valence-electron chi connectivity index (χ2n) is 7.34. The molecule has 1 fully saturated rings. The summed E-state index contributed by atoms with van der Waals surface area (Å²) >= 11 is 6.45. The van der Waals surface area contributed by atoms with Crippen molar-refractivity contribution in [2.45, 2.75) is 31.5 Å². The van der Waals surface area contributed by atoms with E-state index in [2.05, 4.69) is 5.16 Å². The molecule has 0 unspecified atom stereocenters. The number of benzene rings is 1. The highest BCUT2D eigenvalue weighted by molar-refractivity contribution is 6.31. The van der Waals surface area contributed by atoms with Crippen molar-refractivity contribution in [1.82, 2.24) is 15.0 Å². The van der Waals surface area contributed by atoms with E-state index in [-0.39, 0.29) is 17.9 Å². The van der Waals surface area contributed by atoms with E-state index < -0.39 is 11.5 Å². The lowest BCUT2D eigenvalue weighted by Gasteiger charge is -2.33. The summed E-state index contributed by atoms with van der Waals surface area (Å²) in [7, 11) is 4.90. The molecule has 0 radical (unpaired) electrons. The van der Waals surface area contributed by atoms with E-state index in [1.54, 1.807) is 31.0 Å². The second kappa shape index (κ2) is 7.93. The lowest BCUT2D eigenvalue weighted by Crippen LogP contribution is -2.47. The summed E-state index contributed by atoms with van der Waals surface area (Å²) in [4.78, 5) is 29.4. The van der Waals surface area contributed by atoms with E-state index in [1.807, 2.05) is 30.1 Å². The molecular weight excluding hydrogens is 382 g/mol. The number of carbonyl (C=O) groups is 2. The summed E-state index contributed by atoms with van der Waals surface area (Å²) < 4.78 is 9.88. The van der Waals surface area contributed by atoms with Crippen LogP contribution >= 0.6 is 11.6 Å². The van der Waals surface area contributed by atoms with Gasteiger partial charge in [-0.3, -0.25) is 14.5 Å². The first kappa shape index (κ1) is 20.4. The number of rotatable bonds is 5. The molecule has 7 nitrogen and oxygen atoms in total. The number of aromatic nitrogens is 1. The van der Waals surface area contributed by atoms with Crippen LogP contribution in [0.1, 0.15) is 30.6 Å². The molecule has 0 N–H and O–H groups in total. The van der Waals surface area contributed by atoms with Crippen LogP contribution in [-0.2, 0) is 20.9 Å². The van der Waals surface area contributed by atoms with Crippen molar-refractivity contribution in [3.63, 3.8) is 0 Å². The summed E-state index contributed by atoms with van der Waals surface area (Å²) in [6, 6.07) is 8.76. The molecule has 1 amide bonds. The van der Waals surface area contributed by atoms with E-state index in [4.69, 9.17) is 20.9 Å². The van der Waals surface area contributed by atoms with Gasteiger partial charge in [-0.15, -0.1) is 0 Å². The average molecular weight is 406 g/mol. The molecule has 0 bridgehead atoms. The van der Waals surface area contributed by atoms with E-state index in [0.29, 0.717) is 23.7 Å². The minimum atomic E-state index is -0.937. The Balaban J connectivity index is 1.97. The second-order valence-corrected chi connectivity index (χ2v) is 7.75. The Morgan fingerprint density at radius 1 is 1.39 bits per heavy atom. The van der Waals surface area contributed by atoms with Crippen LogP contribution in [-0.4, -0.2) is 53.6 Å². The minimum absolute atomic E-state index is 0.0904. The first-order valence-corrected chi connectivity index (χ1v) is 9.37. The number of likely N-dealkylation sites (N-methyl/N-ethyl adjacent to an activating group) is 1. The molecule has 28 heavy (non-hydrogen) atoms. The number of hydrogen-bond donors (Lipinski definition) is 0. The minimum Gasteiger partial charge on any atom is -0.468 e. The highest BCUT2D eigenvalue weighted by Gasteiger charge is 2.55. The molecule has 3 atom stereocenters. The van der Waals surface area contributed by atoms with Gasteiger partial charge in [-0.1, -0.05) is 35.0 Å². The predicted octanol–water partition coefficient (Wildman–Crippen LogP) is 2.91. The number of hydrogen-bond acceptors (Lipinski definition) is 6. The molecule has 2 heterocycles. The Hall–Kier alpha value is -2.38. The van der Waals surface area contributed by atoms with Crippen molar-refractivity contribution >= 4 is 23.5 Å². The molecule has 8 heteroatoms. The smallest absolute Gasteiger partial charge is 0.326 e. The van der Waals surface area contributed by atoms with Gasteiger partial charge in [-0.2, -0.15) is 0 Å². The molecule has 1 aromatic carbocycles. The SMILES string of the molecule is COC(=O)[C@@]1(C)C[C@@H](C(=O)N(C)Cc2ccon2)[C@@H](c2ccccc2Cl)N1C. The standard InChI is InChI=1S/C20H24ClN3O4/c1-20(19(26)27-4)11-15(18(25)23(2)12-13-9-10-28-22-13)17(24(20)3)14-7-5-6-8-16(14)21/h5-10,15,17H,11-12H2,1-4H3/t15-,17-,20-/m1/s1. The monoisotopic (exact) mass is 405 g/mol. The third-order valence-corrected chi connectivity index (χ3v) is 5.97. The lowest BCUT2D eigenvalue weighted by molar-refractivity contribution is -0.152. The molecule has 1 aliphatic heterocycles. The van der Waals surface area contributed by atoms with Crippen molar-refractivity contribution in [1.29, 1.82) is 0 Å². The molecule has 150 valence electrons. The van der Waals surface area contributed by atoms with Crippen LogP contribution in [0.4, 0.5) is 0 Å². The van der Waals surface area contributed by atoms with E-state index >= 15 is 0 Å². The molecule has 0 saturated carbocycles. The van der Waals surface area contributed by atoms with Gasteiger partial charge in [0.05, 0.1) is 19.6 Å². The van der Waals surface area contributed by atoms with Gasteiger partial charge in [-0.05, 0) is 32.0 Å². The molecule has 3 rings (SSSR count). The summed E-state index contributed by atoms with van der Waals surface area (Å²) in [6.07, 6.45) is 1.80. The zero-order chi connectivity index (χ0) is 20.5. The number of carbonyl (C=O) groups excluding carboxylic acids is 2. The quantitative estimate of drug-likeness (QED) is 0.712. The van der Waals surface area contributed by atoms with Crippen molar-refractivity contribution in [3.8, 4) is 0 Å². The number of halogens is 1. The first-order valence-electron chi connectivity index (χ1n) is 8.99. The number of methoxy groups -OCH3 is 1. The van der Waals surface area contributed by atoms with Crippen LogP contribution in [0, 0.1) is 5.92 Å². The molecule has 1 saturated heterocycles. The maximum absolute atomic E-state index is 13.4. The average Bonchev–Trinajstić information content (AvgIpc) is 3.28. The maximum Gasteiger partial charge on any atom is 0.326 e. The summed E-state index contributed by atoms with van der Waals surface area (Å²) in [5.41, 5.74) is 0.535. The van der Waals surface area contributed by atoms with Crippen LogP contribution < -0.4 is 0 Å². The molecule has 1 aromatic heterocycles. The first-order chi connectivity index (χ1) is 13.3. The molecular formula is C20H24ClN3O4. The Bertz CT molecular complexity index is 857. The summed E-state index contributed by atoms with van der Waals surface area (Å²) in [5, 5.41) is 4.43. The fraction of sp³-hybridized carbons (Fsp3) is 0.450. The number of nitrogens with zero attached hydrogens (tertiary/aromatic N) is 3. The summed E-state index contributed by atoms with van der Waals surface area (Å²) in [5.74, 6) is -0.931. The lowest BCUT2D eigenvalue weighted by atomic mass is 9.89. The fourth-order valence-electron chi connectivity index (χ4n) is 3.99. The number of amides is 1. The van der Waals surface area contributed by atoms with Gasteiger partial charge in [0, 0.05) is 24.2 Å². The van der Waals surface area contributed by atoms with E-state index in [9.17, 15) is 9.59 Å². The van der Waals surface area contributed by atoms with Crippen LogP contribution in [0.3, 0.4) is 0 Å². The maximum atomic E-state index is 13.4. The normalized spacial score (nSPS) is 24.9. The molecule has 1 aliphatic rings. The number of likely N-dealkylation sites (tertiary alicyclic amines) is 1. The van der Waals surface area contributed by atoms with Gasteiger partial charge in [0.2, 0.25) is 5.91 Å². The Kier molecular flexibility index (Phi) is 5.76. The van der Waals surface area contributed by atoms with Gasteiger partial charge >= 0.3 is 5.97 Å². The van der Waals surface area contributed by atoms with E-state index in [1.165, 1.54) is 13.4 Å². The largest absolute Gasteiger partial charge is 0.468 e. The summed E-state index contributed by atoms with van der Waals surface area (Å²) in [6.45, 7) is 2.12. The van der Waals surface area contributed by atoms with Gasteiger partial charge in [0.15, 0.2) is 0 Å². The molecule has 2 aromatic rings. The van der Waals surface area contributed by atoms with Crippen molar-refractivity contribution < 1.29 is 18.8 Å². The number of ether oxygens (including phenoxy) is 1. The van der Waals surface area contributed by atoms with Crippen LogP contribution in [0.2, 0.25) is 5.02 Å². The van der Waals surface area contributed by atoms with Gasteiger partial charge in [0.1, 0.15) is 17.5 Å². The van der Waals surface area contributed by atoms with Gasteiger partial charge in [-0.25, -0.2) is 0 Å². The van der Waals surface area contributed by atoms with Gasteiger partial charge in [0.25, 0.3) is 0 Å². The van der Waals surface area contributed by atoms with Crippen molar-refractivity contribution in [3.05, 3.63) is 52.9 Å². The van der Waals surface area contributed by atoms with Crippen molar-refractivity contribution in [2.75, 3.05) is 21.2 Å². The predicted molar refractivity (Wildman–Crippen MR) is 103 cm³/mol. The van der Waals surface area contributed by atoms with Crippen LogP contribution in [0.5, 0.6) is 0 Å². The van der Waals surface area contributed by atoms with Crippen molar-refractivity contribution in [2.24, 2.45) is 5.92 Å². The Morgan fingerprint density at radius 3 is 2.71 bits per heavy atom. The highest BCUT2D eigenvalue weighted by Crippen LogP contribution is 2.48. The third-order valence-electron chi connectivity index (χ3n) is 5.63. The molecule has 0 spiro atoms. The molecule has 0 aliphatic carbocycles. The fourth-order valence-corrected chi connectivity index (χ4v) is 4.24. The van der Waals surface area contributed by atoms with Crippen LogP contribution in [0.25, 0.3) is 0 Å². The number of esters is 1. The zero-order valence-electron chi connectivity index (χ0n) is 16.4. The zero-order valence-corrected chi connectivity index (χ0v) is 17.1. The topological polar surface area (TPSA) is 75.9 Å². The highest BCUT2D eigenvalue weighted by atomic mass is 35.5. The van der Waals surface area contributed by atoms with Gasteiger partial charge < -0.3 is 14.2 Å². The van der Waals surface area contributed by atoms with E-state index in [0.717, 1.165) is 5.56 Å². The third kappa shape index (κ3) is 3.52. The Labute approximate surface area is 169 Å². The van der Waals surface area contributed by atoms with Crippen LogP contribution in [0.15, 0.2) is 41.1 Å². The Morgan fingerprint density at radius 2 is 2.11 bits per heavy atom.